The molecule has 1 aliphatic rings. The highest BCUT2D eigenvalue weighted by atomic mass is 32.2. The smallest absolute Gasteiger partial charge is 0.261 e. The molecule has 1 N–H and O–H groups in total. The summed E-state index contributed by atoms with van der Waals surface area (Å²) in [5.74, 6) is 0.718. The van der Waals surface area contributed by atoms with Gasteiger partial charge in [-0.25, -0.2) is 8.42 Å². The highest BCUT2D eigenvalue weighted by Crippen LogP contribution is 2.22. The quantitative estimate of drug-likeness (QED) is 0.596. The molecule has 2 heterocycles. The van der Waals surface area contributed by atoms with Crippen molar-refractivity contribution in [3.8, 4) is 0 Å². The molecule has 3 aromatic rings. The van der Waals surface area contributed by atoms with Crippen molar-refractivity contribution in [3.05, 3.63) is 76.7 Å². The molecule has 0 spiro atoms. The number of rotatable bonds is 6. The van der Waals surface area contributed by atoms with Crippen LogP contribution in [0.2, 0.25) is 0 Å². The lowest BCUT2D eigenvalue weighted by Crippen LogP contribution is -2.48. The first-order chi connectivity index (χ1) is 15.7. The normalized spacial score (nSPS) is 14.9. The Kier molecular flexibility index (Phi) is 6.53. The molecule has 9 heteroatoms. The third-order valence-electron chi connectivity index (χ3n) is 5.98. The molecule has 0 unspecified atom stereocenters. The van der Waals surface area contributed by atoms with Crippen molar-refractivity contribution in [2.45, 2.75) is 32.2 Å². The number of amides is 1. The summed E-state index contributed by atoms with van der Waals surface area (Å²) in [6.07, 6.45) is 0. The molecule has 1 amide bonds. The first-order valence-corrected chi connectivity index (χ1v) is 12.3. The van der Waals surface area contributed by atoms with Gasteiger partial charge in [-0.2, -0.15) is 0 Å². The van der Waals surface area contributed by atoms with Crippen LogP contribution in [-0.4, -0.2) is 55.5 Å². The average molecular weight is 469 g/mol. The minimum atomic E-state index is -3.75. The molecule has 1 fully saturated rings. The lowest BCUT2D eigenvalue weighted by atomic mass is 10.1. The summed E-state index contributed by atoms with van der Waals surface area (Å²) in [7, 11) is -3.75. The Bertz CT molecular complexity index is 1240. The van der Waals surface area contributed by atoms with E-state index >= 15 is 0 Å². The SMILES string of the molecule is Cc1cc(CN2CCN(C(=O)c3ccc(S(=O)(=O)Nc4cccc(C)c4C)cc3)CC2)on1. The molecule has 0 bridgehead atoms. The van der Waals surface area contributed by atoms with Crippen molar-refractivity contribution in [1.29, 1.82) is 0 Å². The van der Waals surface area contributed by atoms with Gasteiger partial charge in [-0.1, -0.05) is 17.3 Å². The number of aromatic nitrogens is 1. The molecular weight excluding hydrogens is 440 g/mol. The van der Waals surface area contributed by atoms with E-state index < -0.39 is 10.0 Å². The third kappa shape index (κ3) is 5.26. The van der Waals surface area contributed by atoms with Crippen LogP contribution in [0, 0.1) is 20.8 Å². The second-order valence-electron chi connectivity index (χ2n) is 8.38. The molecule has 1 aromatic heterocycles. The number of piperazine rings is 1. The largest absolute Gasteiger partial charge is 0.360 e. The van der Waals surface area contributed by atoms with Crippen molar-refractivity contribution in [2.24, 2.45) is 0 Å². The van der Waals surface area contributed by atoms with Gasteiger partial charge in [0.15, 0.2) is 5.76 Å². The van der Waals surface area contributed by atoms with Crippen molar-refractivity contribution in [1.82, 2.24) is 15.0 Å². The number of nitrogens with one attached hydrogen (secondary N) is 1. The summed E-state index contributed by atoms with van der Waals surface area (Å²) in [4.78, 5) is 17.0. The Balaban J connectivity index is 1.37. The van der Waals surface area contributed by atoms with E-state index in [1.165, 1.54) is 12.1 Å². The second-order valence-corrected chi connectivity index (χ2v) is 10.1. The van der Waals surface area contributed by atoms with Gasteiger partial charge in [0, 0.05) is 37.8 Å². The second kappa shape index (κ2) is 9.36. The molecule has 0 aliphatic carbocycles. The summed E-state index contributed by atoms with van der Waals surface area (Å²) in [5, 5.41) is 3.91. The maximum absolute atomic E-state index is 12.9. The molecule has 1 saturated heterocycles. The van der Waals surface area contributed by atoms with Crippen LogP contribution in [0.4, 0.5) is 5.69 Å². The van der Waals surface area contributed by atoms with Crippen LogP contribution in [0.15, 0.2) is 57.9 Å². The molecule has 1 aliphatic heterocycles. The summed E-state index contributed by atoms with van der Waals surface area (Å²) >= 11 is 0. The lowest BCUT2D eigenvalue weighted by Gasteiger charge is -2.34. The molecule has 4 rings (SSSR count). The number of nitrogens with zero attached hydrogens (tertiary/aromatic N) is 3. The van der Waals surface area contributed by atoms with Gasteiger partial charge in [0.2, 0.25) is 0 Å². The van der Waals surface area contributed by atoms with Crippen LogP contribution in [-0.2, 0) is 16.6 Å². The standard InChI is InChI=1S/C24H28N4O4S/c1-17-5-4-6-23(19(17)3)26-33(30,31)22-9-7-20(8-10-22)24(29)28-13-11-27(12-14-28)16-21-15-18(2)25-32-21/h4-10,15,26H,11-14,16H2,1-3H3. The minimum Gasteiger partial charge on any atom is -0.360 e. The Labute approximate surface area is 194 Å². The first kappa shape index (κ1) is 23.0. The van der Waals surface area contributed by atoms with Gasteiger partial charge >= 0.3 is 0 Å². The maximum atomic E-state index is 12.9. The van der Waals surface area contributed by atoms with Crippen LogP contribution in [0.5, 0.6) is 0 Å². The number of benzene rings is 2. The lowest BCUT2D eigenvalue weighted by molar-refractivity contribution is 0.0617. The topological polar surface area (TPSA) is 95.8 Å². The van der Waals surface area contributed by atoms with E-state index in [0.717, 1.165) is 35.7 Å². The molecule has 0 atom stereocenters. The summed E-state index contributed by atoms with van der Waals surface area (Å²) < 4.78 is 33.5. The van der Waals surface area contributed by atoms with E-state index in [1.807, 2.05) is 39.0 Å². The Hall–Kier alpha value is -3.17. The first-order valence-electron chi connectivity index (χ1n) is 10.9. The van der Waals surface area contributed by atoms with Crippen LogP contribution >= 0.6 is 0 Å². The Morgan fingerprint density at radius 1 is 1.03 bits per heavy atom. The summed E-state index contributed by atoms with van der Waals surface area (Å²) in [5.41, 5.74) is 3.76. The fraction of sp³-hybridized carbons (Fsp3) is 0.333. The van der Waals surface area contributed by atoms with Gasteiger partial charge in [0.05, 0.1) is 22.8 Å². The zero-order valence-electron chi connectivity index (χ0n) is 19.0. The van der Waals surface area contributed by atoms with Crippen molar-refractivity contribution in [3.63, 3.8) is 0 Å². The van der Waals surface area contributed by atoms with Crippen molar-refractivity contribution >= 4 is 21.6 Å². The zero-order chi connectivity index (χ0) is 23.6. The fourth-order valence-electron chi connectivity index (χ4n) is 3.84. The number of hydrogen-bond acceptors (Lipinski definition) is 6. The minimum absolute atomic E-state index is 0.100. The maximum Gasteiger partial charge on any atom is 0.261 e. The molecular formula is C24H28N4O4S. The number of anilines is 1. The van der Waals surface area contributed by atoms with Crippen LogP contribution in [0.1, 0.15) is 32.9 Å². The molecule has 0 saturated carbocycles. The molecule has 33 heavy (non-hydrogen) atoms. The predicted octanol–water partition coefficient (Wildman–Crippen LogP) is 3.36. The van der Waals surface area contributed by atoms with Crippen molar-refractivity contribution in [2.75, 3.05) is 30.9 Å². The van der Waals surface area contributed by atoms with Gasteiger partial charge in [-0.05, 0) is 62.2 Å². The predicted molar refractivity (Wildman–Crippen MR) is 126 cm³/mol. The summed E-state index contributed by atoms with van der Waals surface area (Å²) in [6.45, 7) is 9.03. The monoisotopic (exact) mass is 468 g/mol. The van der Waals surface area contributed by atoms with Gasteiger partial charge in [0.25, 0.3) is 15.9 Å². The fourth-order valence-corrected chi connectivity index (χ4v) is 4.97. The van der Waals surface area contributed by atoms with E-state index in [2.05, 4.69) is 14.8 Å². The van der Waals surface area contributed by atoms with Crippen LogP contribution in [0.25, 0.3) is 0 Å². The van der Waals surface area contributed by atoms with Gasteiger partial charge in [-0.15, -0.1) is 0 Å². The highest BCUT2D eigenvalue weighted by molar-refractivity contribution is 7.92. The number of aryl methyl sites for hydroxylation is 2. The number of hydrogen-bond donors (Lipinski definition) is 1. The van der Waals surface area contributed by atoms with E-state index in [0.29, 0.717) is 30.9 Å². The highest BCUT2D eigenvalue weighted by Gasteiger charge is 2.24. The zero-order valence-corrected chi connectivity index (χ0v) is 19.9. The molecule has 8 nitrogen and oxygen atoms in total. The molecule has 0 radical (unpaired) electrons. The third-order valence-corrected chi connectivity index (χ3v) is 7.36. The van der Waals surface area contributed by atoms with E-state index in [9.17, 15) is 13.2 Å². The number of carbonyl (C=O) groups is 1. The van der Waals surface area contributed by atoms with Crippen LogP contribution in [0.3, 0.4) is 0 Å². The van der Waals surface area contributed by atoms with Gasteiger partial charge < -0.3 is 9.42 Å². The van der Waals surface area contributed by atoms with E-state index in [-0.39, 0.29) is 10.8 Å². The summed E-state index contributed by atoms with van der Waals surface area (Å²) in [6, 6.07) is 13.5. The van der Waals surface area contributed by atoms with Crippen molar-refractivity contribution < 1.29 is 17.7 Å². The van der Waals surface area contributed by atoms with E-state index in [4.69, 9.17) is 4.52 Å². The van der Waals surface area contributed by atoms with E-state index in [1.54, 1.807) is 23.1 Å². The number of carbonyl (C=O) groups excluding carboxylic acids is 1. The Morgan fingerprint density at radius 3 is 2.36 bits per heavy atom. The molecule has 2 aromatic carbocycles. The Morgan fingerprint density at radius 2 is 1.73 bits per heavy atom. The average Bonchev–Trinajstić information content (AvgIpc) is 3.21. The van der Waals surface area contributed by atoms with Gasteiger partial charge in [0.1, 0.15) is 0 Å². The number of sulfonamides is 1. The van der Waals surface area contributed by atoms with Gasteiger partial charge in [-0.3, -0.25) is 14.4 Å². The van der Waals surface area contributed by atoms with Crippen LogP contribution < -0.4 is 4.72 Å². The molecule has 174 valence electrons.